The molecule has 2 aliphatic rings. The number of benzene rings is 1. The maximum atomic E-state index is 13.2. The first-order valence-electron chi connectivity index (χ1n) is 8.70. The molecule has 8 heteroatoms. The zero-order valence-electron chi connectivity index (χ0n) is 14.3. The molecule has 2 heterocycles. The van der Waals surface area contributed by atoms with Crippen LogP contribution in [0.4, 0.5) is 9.18 Å². The van der Waals surface area contributed by atoms with E-state index in [2.05, 4.69) is 16.0 Å². The van der Waals surface area contributed by atoms with Crippen LogP contribution in [0.2, 0.25) is 0 Å². The summed E-state index contributed by atoms with van der Waals surface area (Å²) in [5.74, 6) is -0.890. The zero-order chi connectivity index (χ0) is 18.6. The molecule has 2 aliphatic heterocycles. The van der Waals surface area contributed by atoms with Crippen molar-refractivity contribution in [1.82, 2.24) is 16.0 Å². The Morgan fingerprint density at radius 1 is 1.23 bits per heavy atom. The number of carbonyl (C=O) groups is 3. The van der Waals surface area contributed by atoms with Gasteiger partial charge in [0.2, 0.25) is 5.91 Å². The molecule has 0 aliphatic carbocycles. The lowest BCUT2D eigenvalue weighted by molar-refractivity contribution is -0.122. The van der Waals surface area contributed by atoms with Gasteiger partial charge in [0.05, 0.1) is 0 Å². The van der Waals surface area contributed by atoms with Crippen molar-refractivity contribution < 1.29 is 23.5 Å². The van der Waals surface area contributed by atoms with Gasteiger partial charge in [0.15, 0.2) is 0 Å². The first kappa shape index (κ1) is 18.3. The highest BCUT2D eigenvalue weighted by Crippen LogP contribution is 2.34. The summed E-state index contributed by atoms with van der Waals surface area (Å²) in [7, 11) is 0. The van der Waals surface area contributed by atoms with Crippen LogP contribution < -0.4 is 16.0 Å². The van der Waals surface area contributed by atoms with Crippen LogP contribution in [0.25, 0.3) is 0 Å². The largest absolute Gasteiger partial charge is 0.381 e. The van der Waals surface area contributed by atoms with E-state index in [0.29, 0.717) is 19.8 Å². The second kappa shape index (κ2) is 7.82. The number of halogens is 1. The highest BCUT2D eigenvalue weighted by atomic mass is 19.1. The minimum atomic E-state index is -0.664. The Hall–Kier alpha value is -2.48. The van der Waals surface area contributed by atoms with Gasteiger partial charge >= 0.3 is 6.03 Å². The number of carbonyl (C=O) groups excluding carboxylic acids is 3. The summed E-state index contributed by atoms with van der Waals surface area (Å²) in [6, 6.07) is 5.17. The summed E-state index contributed by atoms with van der Waals surface area (Å²) in [5.41, 5.74) is 0.686. The molecule has 2 fully saturated rings. The monoisotopic (exact) mass is 363 g/mol. The van der Waals surface area contributed by atoms with Crippen molar-refractivity contribution in [2.24, 2.45) is 0 Å². The SMILES string of the molecule is O=C(CCC1NC(=O)NC1=O)NCC1(c2ccc(F)cc2)CCOCC1. The number of urea groups is 1. The van der Waals surface area contributed by atoms with Crippen molar-refractivity contribution in [1.29, 1.82) is 0 Å². The van der Waals surface area contributed by atoms with Gasteiger partial charge < -0.3 is 15.4 Å². The second-order valence-corrected chi connectivity index (χ2v) is 6.73. The third kappa shape index (κ3) is 4.19. The fourth-order valence-electron chi connectivity index (χ4n) is 3.43. The van der Waals surface area contributed by atoms with Crippen LogP contribution in [0.1, 0.15) is 31.2 Å². The van der Waals surface area contributed by atoms with Crippen molar-refractivity contribution in [2.75, 3.05) is 19.8 Å². The number of rotatable bonds is 6. The van der Waals surface area contributed by atoms with E-state index in [1.807, 2.05) is 0 Å². The number of amides is 4. The van der Waals surface area contributed by atoms with Crippen molar-refractivity contribution in [3.05, 3.63) is 35.6 Å². The molecule has 1 aromatic rings. The molecular weight excluding hydrogens is 341 g/mol. The van der Waals surface area contributed by atoms with E-state index in [0.717, 1.165) is 18.4 Å². The van der Waals surface area contributed by atoms with Gasteiger partial charge in [-0.1, -0.05) is 12.1 Å². The smallest absolute Gasteiger partial charge is 0.322 e. The lowest BCUT2D eigenvalue weighted by Crippen LogP contribution is -2.45. The fourth-order valence-corrected chi connectivity index (χ4v) is 3.43. The van der Waals surface area contributed by atoms with Crippen molar-refractivity contribution in [2.45, 2.75) is 37.1 Å². The third-order valence-corrected chi connectivity index (χ3v) is 5.05. The van der Waals surface area contributed by atoms with E-state index in [9.17, 15) is 18.8 Å². The number of nitrogens with one attached hydrogen (secondary N) is 3. The summed E-state index contributed by atoms with van der Waals surface area (Å²) in [6.45, 7) is 1.59. The first-order chi connectivity index (χ1) is 12.5. The predicted octanol–water partition coefficient (Wildman–Crippen LogP) is 0.978. The van der Waals surface area contributed by atoms with Crippen LogP contribution >= 0.6 is 0 Å². The Kier molecular flexibility index (Phi) is 5.51. The second-order valence-electron chi connectivity index (χ2n) is 6.73. The molecule has 0 bridgehead atoms. The minimum absolute atomic E-state index is 0.133. The summed E-state index contributed by atoms with van der Waals surface area (Å²) < 4.78 is 18.7. The van der Waals surface area contributed by atoms with Crippen LogP contribution in [0.15, 0.2) is 24.3 Å². The van der Waals surface area contributed by atoms with Gasteiger partial charge in [-0.25, -0.2) is 9.18 Å². The molecule has 26 heavy (non-hydrogen) atoms. The average Bonchev–Trinajstić information content (AvgIpc) is 2.97. The molecule has 1 unspecified atom stereocenters. The Morgan fingerprint density at radius 2 is 1.92 bits per heavy atom. The Morgan fingerprint density at radius 3 is 2.54 bits per heavy atom. The molecule has 4 amide bonds. The van der Waals surface area contributed by atoms with E-state index >= 15 is 0 Å². The van der Waals surface area contributed by atoms with Crippen LogP contribution in [-0.4, -0.2) is 43.6 Å². The third-order valence-electron chi connectivity index (χ3n) is 5.05. The predicted molar refractivity (Wildman–Crippen MR) is 90.8 cm³/mol. The molecule has 0 radical (unpaired) electrons. The normalized spacial score (nSPS) is 21.8. The molecule has 7 nitrogen and oxygen atoms in total. The van der Waals surface area contributed by atoms with E-state index in [1.54, 1.807) is 12.1 Å². The van der Waals surface area contributed by atoms with Gasteiger partial charge in [-0.2, -0.15) is 0 Å². The quantitative estimate of drug-likeness (QED) is 0.657. The molecule has 1 aromatic carbocycles. The molecule has 1 atom stereocenters. The van der Waals surface area contributed by atoms with E-state index < -0.39 is 18.0 Å². The Balaban J connectivity index is 1.57. The maximum Gasteiger partial charge on any atom is 0.322 e. The lowest BCUT2D eigenvalue weighted by Gasteiger charge is -2.38. The van der Waals surface area contributed by atoms with Crippen LogP contribution in [0.5, 0.6) is 0 Å². The first-order valence-corrected chi connectivity index (χ1v) is 8.70. The standard InChI is InChI=1S/C18H22FN3O4/c19-13-3-1-12(2-4-13)18(7-9-26-10-8-18)11-20-15(23)6-5-14-16(24)22-17(25)21-14/h1-4,14H,5-11H2,(H,20,23)(H2,21,22,24,25). The highest BCUT2D eigenvalue weighted by molar-refractivity contribution is 6.04. The molecule has 3 N–H and O–H groups in total. The van der Waals surface area contributed by atoms with Gasteiger partial charge in [0, 0.05) is 31.6 Å². The minimum Gasteiger partial charge on any atom is -0.381 e. The van der Waals surface area contributed by atoms with Crippen molar-refractivity contribution in [3.63, 3.8) is 0 Å². The summed E-state index contributed by atoms with van der Waals surface area (Å²) in [5, 5.41) is 7.54. The number of imide groups is 1. The van der Waals surface area contributed by atoms with Gasteiger partial charge in [-0.05, 0) is 37.0 Å². The summed E-state index contributed by atoms with van der Waals surface area (Å²) in [6.07, 6.45) is 1.85. The molecule has 0 aromatic heterocycles. The van der Waals surface area contributed by atoms with Gasteiger partial charge in [0.1, 0.15) is 11.9 Å². The van der Waals surface area contributed by atoms with Gasteiger partial charge in [0.25, 0.3) is 5.91 Å². The average molecular weight is 363 g/mol. The van der Waals surface area contributed by atoms with Gasteiger partial charge in [-0.3, -0.25) is 14.9 Å². The number of ether oxygens (including phenoxy) is 1. The molecule has 0 saturated carbocycles. The summed E-state index contributed by atoms with van der Waals surface area (Å²) in [4.78, 5) is 34.8. The Bertz CT molecular complexity index is 686. The van der Waals surface area contributed by atoms with Crippen LogP contribution in [-0.2, 0) is 19.7 Å². The molecule has 3 rings (SSSR count). The summed E-state index contributed by atoms with van der Waals surface area (Å²) >= 11 is 0. The number of hydrogen-bond donors (Lipinski definition) is 3. The highest BCUT2D eigenvalue weighted by Gasteiger charge is 2.35. The van der Waals surface area contributed by atoms with E-state index in [-0.39, 0.29) is 30.0 Å². The molecule has 140 valence electrons. The van der Waals surface area contributed by atoms with Gasteiger partial charge in [-0.15, -0.1) is 0 Å². The van der Waals surface area contributed by atoms with Crippen LogP contribution in [0, 0.1) is 5.82 Å². The fraction of sp³-hybridized carbons (Fsp3) is 0.500. The topological polar surface area (TPSA) is 96.5 Å². The number of hydrogen-bond acceptors (Lipinski definition) is 4. The van der Waals surface area contributed by atoms with Crippen LogP contribution in [0.3, 0.4) is 0 Å². The zero-order valence-corrected chi connectivity index (χ0v) is 14.3. The lowest BCUT2D eigenvalue weighted by atomic mass is 9.74. The van der Waals surface area contributed by atoms with E-state index in [1.165, 1.54) is 12.1 Å². The molecular formula is C18H22FN3O4. The van der Waals surface area contributed by atoms with Crippen molar-refractivity contribution >= 4 is 17.8 Å². The Labute approximate surface area is 150 Å². The van der Waals surface area contributed by atoms with Crippen molar-refractivity contribution in [3.8, 4) is 0 Å². The molecule has 0 spiro atoms. The van der Waals surface area contributed by atoms with E-state index in [4.69, 9.17) is 4.74 Å². The maximum absolute atomic E-state index is 13.2. The molecule has 2 saturated heterocycles.